The minimum Gasteiger partial charge on any atom is -0.461 e. The van der Waals surface area contributed by atoms with Gasteiger partial charge in [0.25, 0.3) is 0 Å². The molecule has 0 unspecified atom stereocenters. The molecule has 0 aromatic carbocycles. The van der Waals surface area contributed by atoms with Crippen LogP contribution in [0.15, 0.2) is 5.38 Å². The molecule has 1 aromatic rings. The zero-order valence-corrected chi connectivity index (χ0v) is 13.0. The largest absolute Gasteiger partial charge is 0.461 e. The molecule has 0 spiro atoms. The summed E-state index contributed by atoms with van der Waals surface area (Å²) in [7, 11) is -3.18. The quantitative estimate of drug-likeness (QED) is 0.542. The third-order valence-corrected chi connectivity index (χ3v) is 5.07. The topological polar surface area (TPSA) is 74.7 Å². The predicted octanol–water partition coefficient (Wildman–Crippen LogP) is 3.09. The zero-order chi connectivity index (χ0) is 14.3. The number of nitrogens with zero attached hydrogens (tertiary/aromatic N) is 1. The van der Waals surface area contributed by atoms with E-state index in [1.807, 2.05) is 0 Å². The molecule has 1 aromatic heterocycles. The highest BCUT2D eigenvalue weighted by atomic mass is 32.1. The first kappa shape index (κ1) is 16.3. The predicted molar refractivity (Wildman–Crippen MR) is 72.6 cm³/mol. The van der Waals surface area contributed by atoms with Gasteiger partial charge < -0.3 is 13.8 Å². The minimum absolute atomic E-state index is 0.0682. The van der Waals surface area contributed by atoms with Crippen LogP contribution in [-0.4, -0.2) is 30.8 Å². The van der Waals surface area contributed by atoms with Crippen LogP contribution in [-0.2, 0) is 24.5 Å². The summed E-state index contributed by atoms with van der Waals surface area (Å²) in [6, 6.07) is 0. The Morgan fingerprint density at radius 3 is 2.42 bits per heavy atom. The average Bonchev–Trinajstić information content (AvgIpc) is 2.78. The summed E-state index contributed by atoms with van der Waals surface area (Å²) in [5.41, 5.74) is 0.224. The fourth-order valence-corrected chi connectivity index (χ4v) is 4.14. The number of hydrogen-bond acceptors (Lipinski definition) is 7. The summed E-state index contributed by atoms with van der Waals surface area (Å²) in [5.74, 6) is -0.479. The van der Waals surface area contributed by atoms with Crippen molar-refractivity contribution in [2.45, 2.75) is 26.9 Å². The molecule has 0 saturated carbocycles. The van der Waals surface area contributed by atoms with Crippen molar-refractivity contribution in [1.29, 1.82) is 0 Å². The van der Waals surface area contributed by atoms with Crippen molar-refractivity contribution in [3.8, 4) is 0 Å². The summed E-state index contributed by atoms with van der Waals surface area (Å²) < 4.78 is 27.5. The number of carbonyl (C=O) groups excluding carboxylic acids is 1. The molecule has 19 heavy (non-hydrogen) atoms. The van der Waals surface area contributed by atoms with Gasteiger partial charge in [0.15, 0.2) is 5.69 Å². The van der Waals surface area contributed by atoms with Gasteiger partial charge in [0.2, 0.25) is 0 Å². The Morgan fingerprint density at radius 1 is 1.26 bits per heavy atom. The number of hydrogen-bond donors (Lipinski definition) is 0. The third kappa shape index (κ3) is 5.03. The van der Waals surface area contributed by atoms with Gasteiger partial charge in [-0.15, -0.1) is 11.3 Å². The fraction of sp³-hybridized carbons (Fsp3) is 0.636. The van der Waals surface area contributed by atoms with E-state index in [-0.39, 0.29) is 11.9 Å². The maximum Gasteiger partial charge on any atom is 0.357 e. The van der Waals surface area contributed by atoms with Gasteiger partial charge in [-0.05, 0) is 20.8 Å². The lowest BCUT2D eigenvalue weighted by molar-refractivity contribution is 0.0520. The van der Waals surface area contributed by atoms with Gasteiger partial charge >= 0.3 is 13.6 Å². The summed E-state index contributed by atoms with van der Waals surface area (Å²) in [6.45, 7) is 6.11. The standard InChI is InChI=1S/C11H18NO5PS/c1-4-15-11(13)9-8-19-10(12-9)7-18(14,16-5-2)17-6-3/h8H,4-7H2,1-3H3. The van der Waals surface area contributed by atoms with Crippen LogP contribution in [0.1, 0.15) is 36.3 Å². The summed E-state index contributed by atoms with van der Waals surface area (Å²) >= 11 is 1.24. The Kier molecular flexibility index (Phi) is 6.65. The van der Waals surface area contributed by atoms with E-state index in [1.165, 1.54) is 11.3 Å². The van der Waals surface area contributed by atoms with Gasteiger partial charge in [-0.25, -0.2) is 9.78 Å². The molecule has 0 radical (unpaired) electrons. The molecule has 0 aliphatic carbocycles. The molecule has 0 saturated heterocycles. The molecular weight excluding hydrogens is 289 g/mol. The molecule has 1 heterocycles. The maximum absolute atomic E-state index is 12.3. The highest BCUT2D eigenvalue weighted by molar-refractivity contribution is 7.53. The number of carbonyl (C=O) groups is 1. The molecule has 0 bridgehead atoms. The lowest BCUT2D eigenvalue weighted by Gasteiger charge is -2.15. The van der Waals surface area contributed by atoms with E-state index in [0.29, 0.717) is 24.8 Å². The summed E-state index contributed by atoms with van der Waals surface area (Å²) in [6.07, 6.45) is 0.0682. The van der Waals surface area contributed by atoms with E-state index < -0.39 is 13.6 Å². The zero-order valence-electron chi connectivity index (χ0n) is 11.2. The molecule has 0 fully saturated rings. The van der Waals surface area contributed by atoms with Crippen LogP contribution < -0.4 is 0 Å². The van der Waals surface area contributed by atoms with E-state index in [0.717, 1.165) is 0 Å². The normalized spacial score (nSPS) is 11.5. The molecule has 8 heteroatoms. The van der Waals surface area contributed by atoms with Gasteiger partial charge in [0.05, 0.1) is 19.8 Å². The second kappa shape index (κ2) is 7.75. The first-order chi connectivity index (χ1) is 9.04. The third-order valence-electron chi connectivity index (χ3n) is 2.02. The smallest absolute Gasteiger partial charge is 0.357 e. The van der Waals surface area contributed by atoms with Crippen LogP contribution in [0.25, 0.3) is 0 Å². The van der Waals surface area contributed by atoms with E-state index in [9.17, 15) is 9.36 Å². The molecule has 0 aliphatic rings. The van der Waals surface area contributed by atoms with Crippen LogP contribution in [0.5, 0.6) is 0 Å². The Labute approximate surface area is 116 Å². The molecule has 1 rings (SSSR count). The first-order valence-corrected chi connectivity index (χ1v) is 8.65. The number of aromatic nitrogens is 1. The van der Waals surface area contributed by atoms with Crippen LogP contribution in [0.3, 0.4) is 0 Å². The first-order valence-electron chi connectivity index (χ1n) is 6.04. The van der Waals surface area contributed by atoms with Crippen LogP contribution >= 0.6 is 18.9 Å². The second-order valence-corrected chi connectivity index (χ2v) is 6.45. The van der Waals surface area contributed by atoms with Gasteiger partial charge in [0, 0.05) is 5.38 Å². The van der Waals surface area contributed by atoms with Gasteiger partial charge in [0.1, 0.15) is 11.2 Å². The van der Waals surface area contributed by atoms with Crippen molar-refractivity contribution in [2.24, 2.45) is 0 Å². The van der Waals surface area contributed by atoms with Crippen molar-refractivity contribution in [1.82, 2.24) is 4.98 Å². The Morgan fingerprint density at radius 2 is 1.89 bits per heavy atom. The monoisotopic (exact) mass is 307 g/mol. The second-order valence-electron chi connectivity index (χ2n) is 3.45. The van der Waals surface area contributed by atoms with Crippen molar-refractivity contribution < 1.29 is 23.1 Å². The number of rotatable bonds is 8. The van der Waals surface area contributed by atoms with Crippen LogP contribution in [0.2, 0.25) is 0 Å². The number of ether oxygens (including phenoxy) is 1. The molecule has 0 amide bonds. The van der Waals surface area contributed by atoms with Crippen molar-refractivity contribution in [2.75, 3.05) is 19.8 Å². The fourth-order valence-electron chi connectivity index (χ4n) is 1.37. The molecule has 0 atom stereocenters. The molecule has 0 N–H and O–H groups in total. The molecule has 6 nitrogen and oxygen atoms in total. The lowest BCUT2D eigenvalue weighted by atomic mass is 10.5. The van der Waals surface area contributed by atoms with Crippen molar-refractivity contribution in [3.63, 3.8) is 0 Å². The SMILES string of the molecule is CCOC(=O)c1csc(CP(=O)(OCC)OCC)n1. The van der Waals surface area contributed by atoms with Crippen LogP contribution in [0, 0.1) is 0 Å². The molecule has 108 valence electrons. The van der Waals surface area contributed by atoms with E-state index in [4.69, 9.17) is 13.8 Å². The van der Waals surface area contributed by atoms with Gasteiger partial charge in [-0.1, -0.05) is 0 Å². The highest BCUT2D eigenvalue weighted by Gasteiger charge is 2.26. The minimum atomic E-state index is -3.18. The summed E-state index contributed by atoms with van der Waals surface area (Å²) in [5, 5.41) is 2.11. The van der Waals surface area contributed by atoms with E-state index >= 15 is 0 Å². The Bertz CT molecular complexity index is 452. The maximum atomic E-state index is 12.3. The molecular formula is C11H18NO5PS. The summed E-state index contributed by atoms with van der Waals surface area (Å²) in [4.78, 5) is 15.6. The Balaban J connectivity index is 2.75. The molecule has 0 aliphatic heterocycles. The number of esters is 1. The number of thiazole rings is 1. The van der Waals surface area contributed by atoms with E-state index in [1.54, 1.807) is 26.2 Å². The van der Waals surface area contributed by atoms with Crippen molar-refractivity contribution in [3.05, 3.63) is 16.1 Å². The van der Waals surface area contributed by atoms with Crippen molar-refractivity contribution >= 4 is 24.9 Å². The lowest BCUT2D eigenvalue weighted by Crippen LogP contribution is -2.05. The van der Waals surface area contributed by atoms with Gasteiger partial charge in [-0.2, -0.15) is 0 Å². The van der Waals surface area contributed by atoms with Gasteiger partial charge in [-0.3, -0.25) is 4.57 Å². The Hall–Kier alpha value is -0.750. The highest BCUT2D eigenvalue weighted by Crippen LogP contribution is 2.51. The average molecular weight is 307 g/mol. The van der Waals surface area contributed by atoms with Crippen LogP contribution in [0.4, 0.5) is 0 Å². The van der Waals surface area contributed by atoms with E-state index in [2.05, 4.69) is 4.98 Å².